The van der Waals surface area contributed by atoms with E-state index in [-0.39, 0.29) is 18.7 Å². The van der Waals surface area contributed by atoms with E-state index < -0.39 is 23.5 Å². The highest BCUT2D eigenvalue weighted by atomic mass is 19.4. The van der Waals surface area contributed by atoms with E-state index in [1.165, 1.54) is 30.3 Å². The molecule has 0 unspecified atom stereocenters. The van der Waals surface area contributed by atoms with Crippen molar-refractivity contribution in [1.82, 2.24) is 5.32 Å². The summed E-state index contributed by atoms with van der Waals surface area (Å²) in [6.07, 6.45) is -4.39. The molecule has 0 aliphatic heterocycles. The van der Waals surface area contributed by atoms with Gasteiger partial charge in [-0.1, -0.05) is 36.4 Å². The van der Waals surface area contributed by atoms with E-state index in [1.54, 1.807) is 30.3 Å². The third-order valence-electron chi connectivity index (χ3n) is 4.15. The minimum atomic E-state index is -4.39. The maximum atomic E-state index is 13.6. The Labute approximate surface area is 164 Å². The van der Waals surface area contributed by atoms with Gasteiger partial charge in [0.1, 0.15) is 18.2 Å². The van der Waals surface area contributed by atoms with Gasteiger partial charge >= 0.3 is 6.18 Å². The first-order valence-corrected chi connectivity index (χ1v) is 8.73. The van der Waals surface area contributed by atoms with E-state index >= 15 is 0 Å². The van der Waals surface area contributed by atoms with E-state index in [0.29, 0.717) is 5.75 Å². The van der Waals surface area contributed by atoms with Crippen molar-refractivity contribution in [2.75, 3.05) is 0 Å². The van der Waals surface area contributed by atoms with Crippen LogP contribution >= 0.6 is 0 Å². The van der Waals surface area contributed by atoms with Gasteiger partial charge in [0.15, 0.2) is 0 Å². The Morgan fingerprint density at radius 2 is 1.59 bits per heavy atom. The summed E-state index contributed by atoms with van der Waals surface area (Å²) >= 11 is 0. The maximum Gasteiger partial charge on any atom is 0.416 e. The van der Waals surface area contributed by atoms with Gasteiger partial charge < -0.3 is 10.1 Å². The lowest BCUT2D eigenvalue weighted by Crippen LogP contribution is -2.23. The molecule has 1 amide bonds. The molecule has 0 heterocycles. The number of hydrogen-bond donors (Lipinski definition) is 1. The van der Waals surface area contributed by atoms with Gasteiger partial charge in [0.2, 0.25) is 0 Å². The van der Waals surface area contributed by atoms with Crippen molar-refractivity contribution in [1.29, 1.82) is 0 Å². The summed E-state index contributed by atoms with van der Waals surface area (Å²) in [5.74, 6) is -0.797. The number of ether oxygens (including phenoxy) is 1. The Hall–Kier alpha value is -3.35. The molecule has 0 spiro atoms. The molecule has 0 aliphatic rings. The van der Waals surface area contributed by atoms with Crippen molar-refractivity contribution in [2.24, 2.45) is 0 Å². The Morgan fingerprint density at radius 1 is 0.897 bits per heavy atom. The molecule has 0 atom stereocenters. The van der Waals surface area contributed by atoms with Crippen LogP contribution in [0.3, 0.4) is 0 Å². The summed E-state index contributed by atoms with van der Waals surface area (Å²) in [4.78, 5) is 12.1. The highest BCUT2D eigenvalue weighted by molar-refractivity contribution is 5.94. The molecule has 0 saturated carbocycles. The van der Waals surface area contributed by atoms with Crippen molar-refractivity contribution < 1.29 is 27.1 Å². The molecule has 0 aliphatic carbocycles. The normalized spacial score (nSPS) is 11.2. The smallest absolute Gasteiger partial charge is 0.416 e. The van der Waals surface area contributed by atoms with Crippen LogP contribution in [0.2, 0.25) is 0 Å². The summed E-state index contributed by atoms with van der Waals surface area (Å²) in [7, 11) is 0. The largest absolute Gasteiger partial charge is 0.489 e. The summed E-state index contributed by atoms with van der Waals surface area (Å²) in [6, 6.07) is 17.3. The number of benzene rings is 3. The van der Waals surface area contributed by atoms with E-state index in [9.17, 15) is 22.4 Å². The Bertz CT molecular complexity index is 985. The predicted octanol–water partition coefficient (Wildman–Crippen LogP) is 5.35. The molecule has 3 aromatic carbocycles. The average molecular weight is 403 g/mol. The Balaban J connectivity index is 1.57. The molecular formula is C22H17F4NO2. The summed E-state index contributed by atoms with van der Waals surface area (Å²) in [5, 5.41) is 2.65. The van der Waals surface area contributed by atoms with E-state index in [2.05, 4.69) is 5.32 Å². The summed E-state index contributed by atoms with van der Waals surface area (Å²) < 4.78 is 56.9. The van der Waals surface area contributed by atoms with Crippen LogP contribution in [-0.4, -0.2) is 5.91 Å². The van der Waals surface area contributed by atoms with Gasteiger partial charge in [-0.2, -0.15) is 13.2 Å². The Kier molecular flexibility index (Phi) is 6.16. The first kappa shape index (κ1) is 20.4. The number of alkyl halides is 3. The molecule has 0 saturated heterocycles. The molecule has 29 heavy (non-hydrogen) atoms. The van der Waals surface area contributed by atoms with E-state index in [4.69, 9.17) is 4.74 Å². The topological polar surface area (TPSA) is 38.3 Å². The highest BCUT2D eigenvalue weighted by Gasteiger charge is 2.30. The van der Waals surface area contributed by atoms with Crippen LogP contribution in [-0.2, 0) is 19.3 Å². The quantitative estimate of drug-likeness (QED) is 0.563. The van der Waals surface area contributed by atoms with Crippen molar-refractivity contribution in [3.63, 3.8) is 0 Å². The molecule has 1 N–H and O–H groups in total. The third kappa shape index (κ3) is 5.57. The van der Waals surface area contributed by atoms with Crippen molar-refractivity contribution in [3.8, 4) is 5.75 Å². The van der Waals surface area contributed by atoms with Crippen LogP contribution in [0.15, 0.2) is 72.8 Å². The molecule has 7 heteroatoms. The molecule has 0 bridgehead atoms. The van der Waals surface area contributed by atoms with Crippen LogP contribution < -0.4 is 10.1 Å². The number of rotatable bonds is 6. The van der Waals surface area contributed by atoms with Gasteiger partial charge in [0, 0.05) is 6.54 Å². The van der Waals surface area contributed by atoms with Gasteiger partial charge in [0.25, 0.3) is 5.91 Å². The minimum Gasteiger partial charge on any atom is -0.489 e. The van der Waals surface area contributed by atoms with Crippen molar-refractivity contribution in [2.45, 2.75) is 19.3 Å². The molecule has 3 rings (SSSR count). The lowest BCUT2D eigenvalue weighted by molar-refractivity contribution is -0.137. The molecule has 0 radical (unpaired) electrons. The number of amides is 1. The lowest BCUT2D eigenvalue weighted by atomic mass is 10.1. The number of nitrogens with one attached hydrogen (secondary N) is 1. The van der Waals surface area contributed by atoms with Crippen LogP contribution in [0, 0.1) is 5.82 Å². The molecular weight excluding hydrogens is 386 g/mol. The lowest BCUT2D eigenvalue weighted by Gasteiger charge is -2.11. The minimum absolute atomic E-state index is 0.0331. The zero-order chi connectivity index (χ0) is 20.9. The first-order valence-electron chi connectivity index (χ1n) is 8.73. The fourth-order valence-corrected chi connectivity index (χ4v) is 2.66. The molecule has 150 valence electrons. The fraction of sp³-hybridized carbons (Fsp3) is 0.136. The van der Waals surface area contributed by atoms with Crippen LogP contribution in [0.5, 0.6) is 5.75 Å². The van der Waals surface area contributed by atoms with Crippen molar-refractivity contribution >= 4 is 5.91 Å². The molecule has 3 aromatic rings. The first-order chi connectivity index (χ1) is 13.8. The molecule has 3 nitrogen and oxygen atoms in total. The standard InChI is InChI=1S/C22H17F4NO2/c23-20-7-2-1-6-19(20)21(28)27-13-15-4-3-5-16(12-15)14-29-18-10-8-17(9-11-18)22(24,25)26/h1-12H,13-14H2,(H,27,28). The number of halogens is 4. The Morgan fingerprint density at radius 3 is 2.28 bits per heavy atom. The van der Waals surface area contributed by atoms with Gasteiger partial charge in [-0.3, -0.25) is 4.79 Å². The SMILES string of the molecule is O=C(NCc1cccc(COc2ccc(C(F)(F)F)cc2)c1)c1ccccc1F. The summed E-state index contributed by atoms with van der Waals surface area (Å²) in [5.41, 5.74) is 0.789. The fourth-order valence-electron chi connectivity index (χ4n) is 2.66. The van der Waals surface area contributed by atoms with Crippen molar-refractivity contribution in [3.05, 3.63) is 101 Å². The number of carbonyl (C=O) groups is 1. The van der Waals surface area contributed by atoms with E-state index in [0.717, 1.165) is 23.3 Å². The number of carbonyl (C=O) groups excluding carboxylic acids is 1. The third-order valence-corrected chi connectivity index (χ3v) is 4.15. The second kappa shape index (κ2) is 8.77. The second-order valence-corrected chi connectivity index (χ2v) is 6.29. The number of hydrogen-bond acceptors (Lipinski definition) is 2. The average Bonchev–Trinajstić information content (AvgIpc) is 2.71. The zero-order valence-electron chi connectivity index (χ0n) is 15.2. The monoisotopic (exact) mass is 403 g/mol. The molecule has 0 fully saturated rings. The van der Waals surface area contributed by atoms with Crippen LogP contribution in [0.1, 0.15) is 27.0 Å². The van der Waals surface area contributed by atoms with Gasteiger partial charge in [0.05, 0.1) is 11.1 Å². The highest BCUT2D eigenvalue weighted by Crippen LogP contribution is 2.30. The van der Waals surface area contributed by atoms with E-state index in [1.807, 2.05) is 0 Å². The molecule has 0 aromatic heterocycles. The zero-order valence-corrected chi connectivity index (χ0v) is 15.2. The van der Waals surface area contributed by atoms with Crippen LogP contribution in [0.25, 0.3) is 0 Å². The summed E-state index contributed by atoms with van der Waals surface area (Å²) in [6.45, 7) is 0.349. The second-order valence-electron chi connectivity index (χ2n) is 6.29. The van der Waals surface area contributed by atoms with Crippen LogP contribution in [0.4, 0.5) is 17.6 Å². The van der Waals surface area contributed by atoms with Gasteiger partial charge in [-0.15, -0.1) is 0 Å². The maximum absolute atomic E-state index is 13.6. The van der Waals surface area contributed by atoms with Gasteiger partial charge in [-0.25, -0.2) is 4.39 Å². The van der Waals surface area contributed by atoms with Gasteiger partial charge in [-0.05, 0) is 47.5 Å². The predicted molar refractivity (Wildman–Crippen MR) is 99.8 cm³/mol.